The second kappa shape index (κ2) is 23.3. The summed E-state index contributed by atoms with van der Waals surface area (Å²) in [5.74, 6) is -0.798. The van der Waals surface area contributed by atoms with Gasteiger partial charge in [0.15, 0.2) is 24.4 Å². The summed E-state index contributed by atoms with van der Waals surface area (Å²) in [5, 5.41) is 0. The summed E-state index contributed by atoms with van der Waals surface area (Å²) >= 11 is -0.481. The van der Waals surface area contributed by atoms with Gasteiger partial charge in [-0.15, -0.1) is 0 Å². The van der Waals surface area contributed by atoms with Crippen molar-refractivity contribution >= 4 is 20.2 Å². The molecule has 0 saturated carbocycles. The number of hydrogen-bond donors (Lipinski definition) is 0. The monoisotopic (exact) mass is 958 g/mol. The normalized spacial score (nSPS) is 11.2. The summed E-state index contributed by atoms with van der Waals surface area (Å²) in [6.07, 6.45) is 5.96. The van der Waals surface area contributed by atoms with E-state index >= 15 is 0 Å². The van der Waals surface area contributed by atoms with Gasteiger partial charge in [-0.25, -0.2) is 30.0 Å². The minimum atomic E-state index is -6.09. The standard InChI is InChI=1S/C12H8F2I.C12H9FI.C8H18O3S.CHF3O3S/c13-9-1-5-11(6-2-9)15-12-7-3-10(14)4-8-12;13-10-6-8-12(9-7-10)14-11-4-2-1-3-5-11;1-2-3-4-5-6-7-8-12(9,10)11;2-1(3,4)8(5,6)7/h1-8H;1-9H;2-8H2,1H3,(H,9,10,11);(H,5,6,7)/q2*+1;;/p-2. The maximum atomic E-state index is 12.6. The van der Waals surface area contributed by atoms with Gasteiger partial charge in [-0.05, 0) is 91.3 Å². The number of benzene rings is 4. The summed E-state index contributed by atoms with van der Waals surface area (Å²) in [7, 11) is -10.1. The first-order chi connectivity index (χ1) is 22.9. The smallest absolute Gasteiger partial charge is 0.485 e. The van der Waals surface area contributed by atoms with Crippen molar-refractivity contribution < 1.29 is 94.7 Å². The van der Waals surface area contributed by atoms with Gasteiger partial charge in [0.05, 0.1) is 10.1 Å². The predicted octanol–water partition coefficient (Wildman–Crippen LogP) is 1.99. The van der Waals surface area contributed by atoms with Crippen molar-refractivity contribution in [3.8, 4) is 0 Å². The first-order valence-corrected chi connectivity index (χ1v) is 21.8. The molecular weight excluding hydrogens is 924 g/mol. The third-order valence-electron chi connectivity index (χ3n) is 5.61. The lowest BCUT2D eigenvalue weighted by atomic mass is 10.1. The van der Waals surface area contributed by atoms with E-state index in [4.69, 9.17) is 13.0 Å². The second-order valence-electron chi connectivity index (χ2n) is 9.72. The van der Waals surface area contributed by atoms with Crippen LogP contribution in [0.15, 0.2) is 103 Å². The van der Waals surface area contributed by atoms with Crippen LogP contribution < -0.4 is 42.4 Å². The molecule has 4 aromatic carbocycles. The van der Waals surface area contributed by atoms with Crippen molar-refractivity contribution in [2.75, 3.05) is 5.75 Å². The molecule has 0 spiro atoms. The van der Waals surface area contributed by atoms with Gasteiger partial charge >= 0.3 is 47.9 Å². The molecule has 0 radical (unpaired) electrons. The van der Waals surface area contributed by atoms with Gasteiger partial charge in [0, 0.05) is 5.75 Å². The minimum absolute atomic E-state index is 0.151. The van der Waals surface area contributed by atoms with Gasteiger partial charge in [-0.2, -0.15) is 13.2 Å². The SMILES string of the molecule is CCCCCCCCS(=O)(=O)[O-].Fc1ccc([I+]c2ccc(F)cc2)cc1.Fc1ccc([I+]c2ccccc2)cc1.O=S(=O)([O-])C(F)(F)F. The fraction of sp³-hybridized carbons (Fsp3) is 0.273. The molecule has 16 heteroatoms. The van der Waals surface area contributed by atoms with E-state index in [-0.39, 0.29) is 65.6 Å². The van der Waals surface area contributed by atoms with E-state index in [0.29, 0.717) is 6.42 Å². The lowest BCUT2D eigenvalue weighted by molar-refractivity contribution is -0.597. The average molecular weight is 959 g/mol. The fourth-order valence-corrected chi connectivity index (χ4v) is 8.19. The van der Waals surface area contributed by atoms with Crippen LogP contribution in [0.1, 0.15) is 45.4 Å². The lowest BCUT2D eigenvalue weighted by Crippen LogP contribution is -3.61. The molecule has 0 bridgehead atoms. The van der Waals surface area contributed by atoms with Crippen molar-refractivity contribution in [3.05, 3.63) is 135 Å². The van der Waals surface area contributed by atoms with E-state index in [1.165, 1.54) is 56.4 Å². The van der Waals surface area contributed by atoms with Crippen molar-refractivity contribution in [1.82, 2.24) is 0 Å². The van der Waals surface area contributed by atoms with Gasteiger partial charge in [0.2, 0.25) is 0 Å². The molecule has 0 unspecified atom stereocenters. The van der Waals surface area contributed by atoms with Crippen LogP contribution in [-0.2, 0) is 20.2 Å². The molecule has 0 heterocycles. The van der Waals surface area contributed by atoms with Crippen LogP contribution in [0.2, 0.25) is 0 Å². The zero-order chi connectivity index (χ0) is 36.9. The molecule has 0 atom stereocenters. The van der Waals surface area contributed by atoms with Crippen LogP contribution >= 0.6 is 0 Å². The minimum Gasteiger partial charge on any atom is -0.748 e. The molecule has 4 aromatic rings. The molecule has 0 amide bonds. The van der Waals surface area contributed by atoms with Crippen LogP contribution in [0.25, 0.3) is 0 Å². The Labute approximate surface area is 304 Å². The van der Waals surface area contributed by atoms with E-state index in [1.54, 1.807) is 24.3 Å². The summed E-state index contributed by atoms with van der Waals surface area (Å²) < 4.78 is 132. The predicted molar refractivity (Wildman–Crippen MR) is 164 cm³/mol. The molecule has 0 fully saturated rings. The largest absolute Gasteiger partial charge is 0.748 e. The molecule has 270 valence electrons. The molecule has 0 aliphatic heterocycles. The first-order valence-electron chi connectivity index (χ1n) is 14.5. The van der Waals surface area contributed by atoms with Crippen molar-refractivity contribution in [2.24, 2.45) is 0 Å². The van der Waals surface area contributed by atoms with E-state index in [9.17, 15) is 39.3 Å². The molecule has 4 rings (SSSR count). The Balaban J connectivity index is 0.000000335. The van der Waals surface area contributed by atoms with Gasteiger partial charge in [0.1, 0.15) is 17.5 Å². The lowest BCUT2D eigenvalue weighted by Gasteiger charge is -2.08. The first kappa shape index (κ1) is 44.8. The maximum Gasteiger partial charge on any atom is 0.485 e. The van der Waals surface area contributed by atoms with E-state index in [1.807, 2.05) is 30.3 Å². The van der Waals surface area contributed by atoms with E-state index in [0.717, 1.165) is 26.4 Å². The maximum absolute atomic E-state index is 12.6. The number of hydrogen-bond acceptors (Lipinski definition) is 6. The molecule has 6 nitrogen and oxygen atoms in total. The summed E-state index contributed by atoms with van der Waals surface area (Å²) in [6.45, 7) is 2.13. The zero-order valence-corrected chi connectivity index (χ0v) is 32.0. The van der Waals surface area contributed by atoms with Crippen LogP contribution in [0, 0.1) is 31.7 Å². The molecule has 0 aliphatic rings. The van der Waals surface area contributed by atoms with Gasteiger partial charge in [-0.3, -0.25) is 0 Å². The van der Waals surface area contributed by atoms with Crippen LogP contribution in [0.3, 0.4) is 0 Å². The molecule has 0 aromatic heterocycles. The third-order valence-corrected chi connectivity index (χ3v) is 12.3. The number of unbranched alkanes of at least 4 members (excludes halogenated alkanes) is 5. The van der Waals surface area contributed by atoms with Crippen LogP contribution in [0.4, 0.5) is 26.3 Å². The summed E-state index contributed by atoms with van der Waals surface area (Å²) in [4.78, 5) is 0. The Morgan fingerprint density at radius 2 is 0.837 bits per heavy atom. The van der Waals surface area contributed by atoms with Crippen molar-refractivity contribution in [1.29, 1.82) is 0 Å². The van der Waals surface area contributed by atoms with Crippen molar-refractivity contribution in [2.45, 2.75) is 51.0 Å². The highest BCUT2D eigenvalue weighted by Gasteiger charge is 2.36. The fourth-order valence-electron chi connectivity index (χ4n) is 3.27. The third kappa shape index (κ3) is 23.0. The molecule has 49 heavy (non-hydrogen) atoms. The Morgan fingerprint density at radius 3 is 1.14 bits per heavy atom. The highest BCUT2D eigenvalue weighted by molar-refractivity contribution is 7.86. The van der Waals surface area contributed by atoms with Gasteiger partial charge < -0.3 is 9.11 Å². The molecule has 0 aliphatic carbocycles. The van der Waals surface area contributed by atoms with E-state index < -0.39 is 25.7 Å². The Morgan fingerprint density at radius 1 is 0.531 bits per heavy atom. The molecular formula is C33H34F6I2O6S2. The molecule has 0 N–H and O–H groups in total. The van der Waals surface area contributed by atoms with Gasteiger partial charge in [0.25, 0.3) is 0 Å². The summed E-state index contributed by atoms with van der Waals surface area (Å²) in [6, 6.07) is 30.1. The second-order valence-corrected chi connectivity index (χ2v) is 18.7. The number of halogens is 8. The number of rotatable bonds is 11. The Bertz CT molecular complexity index is 1650. The topological polar surface area (TPSA) is 114 Å². The zero-order valence-electron chi connectivity index (χ0n) is 26.1. The highest BCUT2D eigenvalue weighted by atomic mass is 127. The highest BCUT2D eigenvalue weighted by Crippen LogP contribution is 2.20. The van der Waals surface area contributed by atoms with Crippen molar-refractivity contribution in [3.63, 3.8) is 0 Å². The van der Waals surface area contributed by atoms with E-state index in [2.05, 4.69) is 19.1 Å². The quantitative estimate of drug-likeness (QED) is 0.0749. The Kier molecular flexibility index (Phi) is 21.2. The average Bonchev–Trinajstić information content (AvgIpc) is 3.02. The van der Waals surface area contributed by atoms with Crippen LogP contribution in [0.5, 0.6) is 0 Å². The van der Waals surface area contributed by atoms with Crippen LogP contribution in [-0.4, -0.2) is 37.2 Å². The van der Waals surface area contributed by atoms with Gasteiger partial charge in [-0.1, -0.05) is 57.2 Å². The Hall–Kier alpha value is -2.26. The molecule has 0 saturated heterocycles. The summed E-state index contributed by atoms with van der Waals surface area (Å²) in [5.41, 5.74) is -5.65. The number of alkyl halides is 3.